The minimum atomic E-state index is -0.184. The number of benzene rings is 2. The predicted molar refractivity (Wildman–Crippen MR) is 132 cm³/mol. The van der Waals surface area contributed by atoms with Gasteiger partial charge in [-0.1, -0.05) is 78.3 Å². The first-order valence-electron chi connectivity index (χ1n) is 11.8. The highest BCUT2D eigenvalue weighted by Crippen LogP contribution is 2.32. The average Bonchev–Trinajstić information content (AvgIpc) is 3.23. The van der Waals surface area contributed by atoms with Crippen LogP contribution >= 0.6 is 0 Å². The van der Waals surface area contributed by atoms with Crippen molar-refractivity contribution in [1.82, 2.24) is 10.3 Å². The molecule has 4 nitrogen and oxygen atoms in total. The third kappa shape index (κ3) is 5.48. The van der Waals surface area contributed by atoms with E-state index < -0.39 is 0 Å². The number of nitrogens with zero attached hydrogens (tertiary/aromatic N) is 1. The SMILES string of the molecule is CCCc1cccc(-c2oc(-c3ccc(C(C)(C)C)cc3)nc2C(=O)NC(CC)CC)c1. The maximum Gasteiger partial charge on any atom is 0.274 e. The Kier molecular flexibility index (Phi) is 7.55. The molecule has 0 saturated carbocycles. The summed E-state index contributed by atoms with van der Waals surface area (Å²) in [4.78, 5) is 17.8. The first kappa shape index (κ1) is 23.8. The second kappa shape index (κ2) is 10.2. The van der Waals surface area contributed by atoms with Gasteiger partial charge >= 0.3 is 0 Å². The van der Waals surface area contributed by atoms with E-state index in [-0.39, 0.29) is 17.4 Å². The average molecular weight is 433 g/mol. The molecular formula is C28H36N2O2. The number of aryl methyl sites for hydroxylation is 1. The summed E-state index contributed by atoms with van der Waals surface area (Å²) < 4.78 is 6.24. The summed E-state index contributed by atoms with van der Waals surface area (Å²) in [6, 6.07) is 16.6. The van der Waals surface area contributed by atoms with Crippen molar-refractivity contribution in [2.24, 2.45) is 0 Å². The van der Waals surface area contributed by atoms with Crippen LogP contribution in [0.3, 0.4) is 0 Å². The van der Waals surface area contributed by atoms with Crippen molar-refractivity contribution in [3.63, 3.8) is 0 Å². The number of hydrogen-bond acceptors (Lipinski definition) is 3. The molecule has 0 bridgehead atoms. The van der Waals surface area contributed by atoms with Gasteiger partial charge in [0.2, 0.25) is 5.89 Å². The van der Waals surface area contributed by atoms with Crippen LogP contribution in [0.1, 0.15) is 82.4 Å². The molecule has 170 valence electrons. The number of rotatable bonds is 8. The van der Waals surface area contributed by atoms with Gasteiger partial charge in [0, 0.05) is 17.2 Å². The van der Waals surface area contributed by atoms with Gasteiger partial charge in [-0.2, -0.15) is 0 Å². The van der Waals surface area contributed by atoms with Crippen molar-refractivity contribution in [1.29, 1.82) is 0 Å². The monoisotopic (exact) mass is 432 g/mol. The Morgan fingerprint density at radius 1 is 1.00 bits per heavy atom. The largest absolute Gasteiger partial charge is 0.435 e. The van der Waals surface area contributed by atoms with E-state index >= 15 is 0 Å². The second-order valence-corrected chi connectivity index (χ2v) is 9.46. The third-order valence-corrected chi connectivity index (χ3v) is 5.89. The van der Waals surface area contributed by atoms with Gasteiger partial charge in [0.05, 0.1) is 0 Å². The smallest absolute Gasteiger partial charge is 0.274 e. The van der Waals surface area contributed by atoms with Gasteiger partial charge in [0.1, 0.15) is 0 Å². The zero-order chi connectivity index (χ0) is 23.3. The molecule has 0 saturated heterocycles. The van der Waals surface area contributed by atoms with E-state index in [1.165, 1.54) is 11.1 Å². The summed E-state index contributed by atoms with van der Waals surface area (Å²) >= 11 is 0. The molecule has 0 aliphatic rings. The quantitative estimate of drug-likeness (QED) is 0.410. The van der Waals surface area contributed by atoms with Crippen molar-refractivity contribution in [3.8, 4) is 22.8 Å². The van der Waals surface area contributed by atoms with Crippen LogP contribution in [0.15, 0.2) is 52.9 Å². The number of aromatic nitrogens is 1. The topological polar surface area (TPSA) is 55.1 Å². The van der Waals surface area contributed by atoms with Crippen molar-refractivity contribution in [2.75, 3.05) is 0 Å². The predicted octanol–water partition coefficient (Wildman–Crippen LogP) is 7.18. The zero-order valence-electron chi connectivity index (χ0n) is 20.3. The molecule has 1 N–H and O–H groups in total. The second-order valence-electron chi connectivity index (χ2n) is 9.46. The van der Waals surface area contributed by atoms with Crippen LogP contribution in [0.2, 0.25) is 0 Å². The van der Waals surface area contributed by atoms with Crippen LogP contribution in [0.4, 0.5) is 0 Å². The molecule has 0 unspecified atom stereocenters. The van der Waals surface area contributed by atoms with Crippen LogP contribution in [0.25, 0.3) is 22.8 Å². The lowest BCUT2D eigenvalue weighted by molar-refractivity contribution is 0.0930. The Bertz CT molecular complexity index is 1040. The highest BCUT2D eigenvalue weighted by Gasteiger charge is 2.24. The van der Waals surface area contributed by atoms with Gasteiger partial charge in [0.25, 0.3) is 5.91 Å². The van der Waals surface area contributed by atoms with Crippen LogP contribution < -0.4 is 5.32 Å². The van der Waals surface area contributed by atoms with E-state index in [1.807, 2.05) is 24.3 Å². The van der Waals surface area contributed by atoms with E-state index in [4.69, 9.17) is 4.42 Å². The van der Waals surface area contributed by atoms with Crippen molar-refractivity contribution in [3.05, 3.63) is 65.4 Å². The summed E-state index contributed by atoms with van der Waals surface area (Å²) in [5.41, 5.74) is 4.64. The van der Waals surface area contributed by atoms with Gasteiger partial charge < -0.3 is 9.73 Å². The fraction of sp³-hybridized carbons (Fsp3) is 0.429. The molecule has 1 heterocycles. The lowest BCUT2D eigenvalue weighted by Crippen LogP contribution is -2.34. The minimum Gasteiger partial charge on any atom is -0.435 e. The molecular weight excluding hydrogens is 396 g/mol. The molecule has 0 aliphatic carbocycles. The van der Waals surface area contributed by atoms with Gasteiger partial charge in [-0.15, -0.1) is 0 Å². The summed E-state index contributed by atoms with van der Waals surface area (Å²) in [6.07, 6.45) is 3.80. The zero-order valence-corrected chi connectivity index (χ0v) is 20.3. The molecule has 3 rings (SSSR count). The van der Waals surface area contributed by atoms with Gasteiger partial charge in [0.15, 0.2) is 11.5 Å². The molecule has 0 spiro atoms. The number of amides is 1. The van der Waals surface area contributed by atoms with E-state index in [0.29, 0.717) is 17.3 Å². The van der Waals surface area contributed by atoms with Crippen LogP contribution in [-0.2, 0) is 11.8 Å². The lowest BCUT2D eigenvalue weighted by atomic mass is 9.87. The fourth-order valence-electron chi connectivity index (χ4n) is 3.81. The normalized spacial score (nSPS) is 11.7. The Morgan fingerprint density at radius 2 is 1.69 bits per heavy atom. The summed E-state index contributed by atoms with van der Waals surface area (Å²) in [5, 5.41) is 3.11. The van der Waals surface area contributed by atoms with Gasteiger partial charge in [-0.25, -0.2) is 4.98 Å². The Morgan fingerprint density at radius 3 is 2.28 bits per heavy atom. The molecule has 0 radical (unpaired) electrons. The van der Waals surface area contributed by atoms with Crippen molar-refractivity contribution < 1.29 is 9.21 Å². The summed E-state index contributed by atoms with van der Waals surface area (Å²) in [6.45, 7) is 12.9. The number of carbonyl (C=O) groups is 1. The first-order chi connectivity index (χ1) is 15.3. The molecule has 4 heteroatoms. The molecule has 0 aliphatic heterocycles. The molecule has 0 fully saturated rings. The molecule has 0 atom stereocenters. The van der Waals surface area contributed by atoms with Crippen LogP contribution in [0, 0.1) is 0 Å². The number of oxazole rings is 1. The lowest BCUT2D eigenvalue weighted by Gasteiger charge is -2.18. The van der Waals surface area contributed by atoms with E-state index in [0.717, 1.165) is 36.8 Å². The Hall–Kier alpha value is -2.88. The molecule has 1 aromatic heterocycles. The van der Waals surface area contributed by atoms with Gasteiger partial charge in [-0.3, -0.25) is 4.79 Å². The third-order valence-electron chi connectivity index (χ3n) is 5.89. The van der Waals surface area contributed by atoms with E-state index in [1.54, 1.807) is 0 Å². The first-order valence-corrected chi connectivity index (χ1v) is 11.8. The number of hydrogen-bond donors (Lipinski definition) is 1. The van der Waals surface area contributed by atoms with Crippen LogP contribution in [-0.4, -0.2) is 16.9 Å². The summed E-state index contributed by atoms with van der Waals surface area (Å²) in [5.74, 6) is 0.813. The fourth-order valence-corrected chi connectivity index (χ4v) is 3.81. The van der Waals surface area contributed by atoms with Crippen molar-refractivity contribution >= 4 is 5.91 Å². The molecule has 2 aromatic carbocycles. The van der Waals surface area contributed by atoms with Gasteiger partial charge in [-0.05, 0) is 54.0 Å². The highest BCUT2D eigenvalue weighted by atomic mass is 16.4. The summed E-state index contributed by atoms with van der Waals surface area (Å²) in [7, 11) is 0. The molecule has 3 aromatic rings. The molecule has 32 heavy (non-hydrogen) atoms. The van der Waals surface area contributed by atoms with E-state index in [9.17, 15) is 4.79 Å². The van der Waals surface area contributed by atoms with Crippen molar-refractivity contribution in [2.45, 2.75) is 78.7 Å². The highest BCUT2D eigenvalue weighted by molar-refractivity contribution is 5.98. The molecule has 1 amide bonds. The maximum atomic E-state index is 13.2. The Labute approximate surface area is 192 Å². The minimum absolute atomic E-state index is 0.0698. The Balaban J connectivity index is 2.05. The van der Waals surface area contributed by atoms with E-state index in [2.05, 4.69) is 76.1 Å². The van der Waals surface area contributed by atoms with Crippen LogP contribution in [0.5, 0.6) is 0 Å². The maximum absolute atomic E-state index is 13.2. The number of carbonyl (C=O) groups excluding carboxylic acids is 1. The number of nitrogens with one attached hydrogen (secondary N) is 1. The standard InChI is InChI=1S/C28H36N2O2/c1-7-11-19-12-10-13-21(18-19)25-24(26(31)29-23(8-2)9-3)30-27(32-25)20-14-16-22(17-15-20)28(4,5)6/h10,12-18,23H,7-9,11H2,1-6H3,(H,29,31).